The molecule has 1 aliphatic carbocycles. The predicted molar refractivity (Wildman–Crippen MR) is 224 cm³/mol. The molecule has 4 N–H and O–H groups in total. The lowest BCUT2D eigenvalue weighted by Gasteiger charge is -2.39. The van der Waals surface area contributed by atoms with E-state index in [0.29, 0.717) is 62.5 Å². The minimum Gasteiger partial charge on any atom is -0.502 e. The van der Waals surface area contributed by atoms with Crippen molar-refractivity contribution in [2.75, 3.05) is 60.3 Å². The summed E-state index contributed by atoms with van der Waals surface area (Å²) in [5.74, 6) is -1.05. The first-order valence-electron chi connectivity index (χ1n) is 20.7. The molecule has 7 rings (SSSR count). The number of phenolic OH excluding ortho intramolecular Hbond substituents is 1. The van der Waals surface area contributed by atoms with Gasteiger partial charge < -0.3 is 59.1 Å². The highest BCUT2D eigenvalue weighted by Gasteiger charge is 2.53. The van der Waals surface area contributed by atoms with Gasteiger partial charge in [0, 0.05) is 31.5 Å². The monoisotopic (exact) mass is 852 g/mol. The van der Waals surface area contributed by atoms with Crippen LogP contribution in [-0.2, 0) is 37.0 Å². The molecule has 3 aliphatic rings. The highest BCUT2D eigenvalue weighted by atomic mass is 16.7. The third kappa shape index (κ3) is 10.4. The normalized spacial score (nSPS) is 18.1. The van der Waals surface area contributed by atoms with Gasteiger partial charge in [0.15, 0.2) is 23.0 Å². The quantitative estimate of drug-likeness (QED) is 0.0522. The van der Waals surface area contributed by atoms with E-state index in [9.17, 15) is 24.3 Å². The van der Waals surface area contributed by atoms with E-state index in [1.807, 2.05) is 72.8 Å². The average molecular weight is 853 g/mol. The third-order valence-electron chi connectivity index (χ3n) is 11.2. The summed E-state index contributed by atoms with van der Waals surface area (Å²) in [5, 5.41) is 19.8. The van der Waals surface area contributed by atoms with E-state index in [2.05, 4.69) is 16.0 Å². The first kappa shape index (κ1) is 43.4. The predicted octanol–water partition coefficient (Wildman–Crippen LogP) is 5.56. The van der Waals surface area contributed by atoms with Gasteiger partial charge in [-0.1, -0.05) is 60.7 Å². The molecule has 0 spiro atoms. The maximum atomic E-state index is 13.6. The molecule has 1 saturated heterocycles. The maximum absolute atomic E-state index is 13.6. The summed E-state index contributed by atoms with van der Waals surface area (Å²) in [6.07, 6.45) is 0.780. The number of benzene rings is 4. The molecular weight excluding hydrogens is 801 g/mol. The van der Waals surface area contributed by atoms with E-state index < -0.39 is 42.0 Å². The molecule has 62 heavy (non-hydrogen) atoms. The van der Waals surface area contributed by atoms with Crippen LogP contribution < -0.4 is 34.9 Å². The number of phenols is 1. The highest BCUT2D eigenvalue weighted by molar-refractivity contribution is 5.82. The van der Waals surface area contributed by atoms with Gasteiger partial charge in [-0.25, -0.2) is 9.59 Å². The Morgan fingerprint density at radius 1 is 0.774 bits per heavy atom. The molecule has 4 atom stereocenters. The zero-order valence-electron chi connectivity index (χ0n) is 34.8. The Kier molecular flexibility index (Phi) is 14.5. The number of methoxy groups -OCH3 is 2. The number of nitrogens with zero attached hydrogens (tertiary/aromatic N) is 1. The summed E-state index contributed by atoms with van der Waals surface area (Å²) >= 11 is 0. The number of nitrogens with one attached hydrogen (secondary N) is 3. The number of ether oxygens (including phenoxy) is 7. The van der Waals surface area contributed by atoms with Crippen LogP contribution in [0.3, 0.4) is 0 Å². The molecule has 4 aromatic carbocycles. The number of amides is 3. The van der Waals surface area contributed by atoms with Crippen molar-refractivity contribution in [3.63, 3.8) is 0 Å². The van der Waals surface area contributed by atoms with Gasteiger partial charge in [-0.15, -0.1) is 0 Å². The van der Waals surface area contributed by atoms with E-state index >= 15 is 0 Å². The number of hydrogen-bond acceptors (Lipinski definition) is 13. The number of aromatic hydroxyl groups is 1. The van der Waals surface area contributed by atoms with Crippen LogP contribution in [0.5, 0.6) is 28.7 Å². The zero-order chi connectivity index (χ0) is 43.4. The smallest absolute Gasteiger partial charge is 0.410 e. The van der Waals surface area contributed by atoms with Crippen LogP contribution in [0.15, 0.2) is 84.9 Å². The Labute approximate surface area is 359 Å². The second kappa shape index (κ2) is 20.7. The van der Waals surface area contributed by atoms with Crippen LogP contribution in [0, 0.1) is 11.8 Å². The number of rotatable bonds is 19. The highest BCUT2D eigenvalue weighted by Crippen LogP contribution is 2.55. The Hall–Kier alpha value is -6.68. The summed E-state index contributed by atoms with van der Waals surface area (Å²) < 4.78 is 38.9. The van der Waals surface area contributed by atoms with Crippen LogP contribution in [0.2, 0.25) is 0 Å². The topological polar surface area (TPSA) is 192 Å². The fourth-order valence-corrected chi connectivity index (χ4v) is 8.16. The molecule has 16 nitrogen and oxygen atoms in total. The SMILES string of the molecule is COc1cc(C2c3cc4c(cc3C(NC(=O)CNCCCCN(CCCNC(=O)OCc3ccccc3)C(=O)OCc3ccccc3)C3COC(=O)C23)OCO4)cc(OC)c1O. The lowest BCUT2D eigenvalue weighted by Crippen LogP contribution is -2.45. The molecule has 4 unspecified atom stereocenters. The molecular formula is C46H52N4O12. The number of cyclic esters (lactones) is 1. The summed E-state index contributed by atoms with van der Waals surface area (Å²) in [7, 11) is 2.88. The Bertz CT molecular complexity index is 2160. The van der Waals surface area contributed by atoms with Crippen LogP contribution in [0.4, 0.5) is 9.59 Å². The minimum absolute atomic E-state index is 0.00718. The first-order chi connectivity index (χ1) is 30.2. The average Bonchev–Trinajstić information content (AvgIpc) is 3.92. The maximum Gasteiger partial charge on any atom is 0.410 e. The van der Waals surface area contributed by atoms with Crippen molar-refractivity contribution in [1.29, 1.82) is 0 Å². The Balaban J connectivity index is 0.936. The molecule has 0 saturated carbocycles. The number of fused-ring (bicyclic) bond motifs is 3. The van der Waals surface area contributed by atoms with Crippen LogP contribution >= 0.6 is 0 Å². The molecule has 328 valence electrons. The number of unbranched alkanes of at least 4 members (excludes halogenated alkanes) is 1. The molecule has 0 radical (unpaired) electrons. The lowest BCUT2D eigenvalue weighted by molar-refractivity contribution is -0.141. The van der Waals surface area contributed by atoms with Gasteiger partial charge >= 0.3 is 18.2 Å². The molecule has 0 bridgehead atoms. The van der Waals surface area contributed by atoms with E-state index in [0.717, 1.165) is 22.3 Å². The second-order valence-electron chi connectivity index (χ2n) is 15.2. The van der Waals surface area contributed by atoms with Gasteiger partial charge in [0.25, 0.3) is 0 Å². The van der Waals surface area contributed by atoms with Crippen molar-refractivity contribution >= 4 is 24.1 Å². The number of alkyl carbamates (subject to hydrolysis) is 1. The van der Waals surface area contributed by atoms with Gasteiger partial charge in [-0.05, 0) is 77.9 Å². The van der Waals surface area contributed by atoms with E-state index in [1.165, 1.54) is 14.2 Å². The molecule has 0 aromatic heterocycles. The van der Waals surface area contributed by atoms with E-state index in [1.54, 1.807) is 17.0 Å². The standard InChI is InChI=1S/C46H52N4O12/c1-56-37-20-31(21-38(57-2)43(37)52)40-32-22-35-36(62-28-61-35)23-33(32)42(34-27-58-44(53)41(34)40)49-39(51)24-47-16-9-10-18-50(46(55)60-26-30-14-7-4-8-15-30)19-11-17-48-45(54)59-25-29-12-5-3-6-13-29/h3-8,12-15,20-23,34,40-42,47,52H,9-11,16-19,24-28H2,1-2H3,(H,48,54)(H,49,51). The van der Waals surface area contributed by atoms with Crippen LogP contribution in [0.1, 0.15) is 59.0 Å². The second-order valence-corrected chi connectivity index (χ2v) is 15.2. The fourth-order valence-electron chi connectivity index (χ4n) is 8.16. The number of hydrogen-bond donors (Lipinski definition) is 4. The summed E-state index contributed by atoms with van der Waals surface area (Å²) in [5.41, 5.74) is 3.92. The fraction of sp³-hybridized carbons (Fsp3) is 0.391. The largest absolute Gasteiger partial charge is 0.502 e. The van der Waals surface area contributed by atoms with Gasteiger partial charge in [0.1, 0.15) is 13.2 Å². The van der Waals surface area contributed by atoms with Crippen molar-refractivity contribution < 1.29 is 57.4 Å². The van der Waals surface area contributed by atoms with Gasteiger partial charge in [-0.3, -0.25) is 9.59 Å². The Morgan fingerprint density at radius 3 is 2.06 bits per heavy atom. The first-order valence-corrected chi connectivity index (χ1v) is 20.7. The molecule has 2 heterocycles. The van der Waals surface area contributed by atoms with Gasteiger partial charge in [0.05, 0.1) is 39.3 Å². The molecule has 2 aliphatic heterocycles. The summed E-state index contributed by atoms with van der Waals surface area (Å²) in [4.78, 5) is 54.1. The van der Waals surface area contributed by atoms with Crippen molar-refractivity contribution in [2.24, 2.45) is 11.8 Å². The summed E-state index contributed by atoms with van der Waals surface area (Å²) in [6.45, 7) is 2.00. The van der Waals surface area contributed by atoms with Crippen molar-refractivity contribution in [1.82, 2.24) is 20.9 Å². The van der Waals surface area contributed by atoms with Crippen molar-refractivity contribution in [3.05, 3.63) is 113 Å². The molecule has 4 aromatic rings. The van der Waals surface area contributed by atoms with E-state index in [4.69, 9.17) is 33.2 Å². The minimum atomic E-state index is -0.674. The number of carbonyl (C=O) groups excluding carboxylic acids is 4. The van der Waals surface area contributed by atoms with Crippen LogP contribution in [0.25, 0.3) is 0 Å². The molecule has 3 amide bonds. The Morgan fingerprint density at radius 2 is 1.40 bits per heavy atom. The van der Waals surface area contributed by atoms with Crippen LogP contribution in [-0.4, -0.2) is 94.4 Å². The van der Waals surface area contributed by atoms with E-state index in [-0.39, 0.29) is 56.3 Å². The zero-order valence-corrected chi connectivity index (χ0v) is 34.8. The molecule has 16 heteroatoms. The van der Waals surface area contributed by atoms with Gasteiger partial charge in [-0.2, -0.15) is 0 Å². The van der Waals surface area contributed by atoms with Gasteiger partial charge in [0.2, 0.25) is 18.4 Å². The summed E-state index contributed by atoms with van der Waals surface area (Å²) in [6, 6.07) is 25.3. The number of esters is 1. The third-order valence-corrected chi connectivity index (χ3v) is 11.2. The molecule has 1 fully saturated rings. The lowest BCUT2D eigenvalue weighted by atomic mass is 9.65. The number of carbonyl (C=O) groups is 4. The van der Waals surface area contributed by atoms with Crippen molar-refractivity contribution in [2.45, 2.75) is 44.4 Å². The van der Waals surface area contributed by atoms with Crippen molar-refractivity contribution in [3.8, 4) is 28.7 Å².